The summed E-state index contributed by atoms with van der Waals surface area (Å²) in [6, 6.07) is 7.08. The summed E-state index contributed by atoms with van der Waals surface area (Å²) in [5.41, 5.74) is 5.57. The number of amides is 1. The Hall–Kier alpha value is -4.06. The molecule has 4 rings (SSSR count). The number of benzene rings is 2. The second-order valence-corrected chi connectivity index (χ2v) is 8.57. The Morgan fingerprint density at radius 3 is 2.59 bits per heavy atom. The summed E-state index contributed by atoms with van der Waals surface area (Å²) in [5.74, 6) is -2.84. The van der Waals surface area contributed by atoms with Crippen molar-refractivity contribution in [3.05, 3.63) is 64.8 Å². The maximum absolute atomic E-state index is 14.4. The Morgan fingerprint density at radius 1 is 1.22 bits per heavy atom. The zero-order valence-corrected chi connectivity index (χ0v) is 19.7. The lowest BCUT2D eigenvalue weighted by atomic mass is 10.1. The van der Waals surface area contributed by atoms with Crippen LogP contribution in [0, 0.1) is 11.7 Å². The number of hydrogen-bond donors (Lipinski definition) is 3. The van der Waals surface area contributed by atoms with Crippen LogP contribution in [-0.2, 0) is 6.54 Å². The summed E-state index contributed by atoms with van der Waals surface area (Å²) in [4.78, 5) is 28.1. The summed E-state index contributed by atoms with van der Waals surface area (Å²) in [7, 11) is 0. The molecule has 3 aromatic rings. The number of ether oxygens (including phenoxy) is 2. The van der Waals surface area contributed by atoms with Gasteiger partial charge in [-0.25, -0.2) is 14.2 Å². The number of nitrogens with zero attached hydrogens (tertiary/aromatic N) is 1. The van der Waals surface area contributed by atoms with E-state index in [9.17, 15) is 22.8 Å². The molecule has 1 atom stereocenters. The minimum atomic E-state index is -3.03. The van der Waals surface area contributed by atoms with Crippen LogP contribution in [0.15, 0.2) is 40.8 Å². The summed E-state index contributed by atoms with van der Waals surface area (Å²) < 4.78 is 56.1. The number of nitrogens with one attached hydrogen (secondary N) is 1. The van der Waals surface area contributed by atoms with Gasteiger partial charge in [0.05, 0.1) is 30.3 Å². The zero-order valence-electron chi connectivity index (χ0n) is 19.7. The molecule has 0 spiro atoms. The minimum Gasteiger partial charge on any atom is -0.489 e. The molecule has 1 heterocycles. The van der Waals surface area contributed by atoms with Gasteiger partial charge in [0, 0.05) is 5.56 Å². The lowest BCUT2D eigenvalue weighted by Gasteiger charge is -2.12. The number of hydrogen-bond acceptors (Lipinski definition) is 7. The summed E-state index contributed by atoms with van der Waals surface area (Å²) in [6.07, 6.45) is 2.00. The average Bonchev–Trinajstić information content (AvgIpc) is 3.57. The number of carbonyl (C=O) groups is 2. The molecule has 0 radical (unpaired) electrons. The number of aromatic nitrogens is 1. The number of carboxylic acids is 1. The molecule has 1 aliphatic carbocycles. The molecule has 2 aromatic carbocycles. The van der Waals surface area contributed by atoms with Crippen molar-refractivity contribution in [2.45, 2.75) is 39.0 Å². The van der Waals surface area contributed by atoms with Crippen molar-refractivity contribution < 1.29 is 41.8 Å². The van der Waals surface area contributed by atoms with Crippen LogP contribution in [0.1, 0.15) is 58.0 Å². The predicted octanol–water partition coefficient (Wildman–Crippen LogP) is 4.52. The zero-order chi connectivity index (χ0) is 26.7. The topological polar surface area (TPSA) is 137 Å². The summed E-state index contributed by atoms with van der Waals surface area (Å²) in [6.45, 7) is -1.24. The van der Waals surface area contributed by atoms with E-state index in [-0.39, 0.29) is 35.4 Å². The van der Waals surface area contributed by atoms with Gasteiger partial charge in [-0.1, -0.05) is 6.07 Å². The van der Waals surface area contributed by atoms with Crippen molar-refractivity contribution in [2.75, 3.05) is 6.61 Å². The summed E-state index contributed by atoms with van der Waals surface area (Å²) in [5, 5.41) is 11.6. The molecule has 1 fully saturated rings. The number of rotatable bonds is 11. The van der Waals surface area contributed by atoms with Gasteiger partial charge in [0.15, 0.2) is 11.5 Å². The Bertz CT molecular complexity index is 1310. The van der Waals surface area contributed by atoms with Gasteiger partial charge >= 0.3 is 12.6 Å². The highest BCUT2D eigenvalue weighted by Gasteiger charge is 2.25. The van der Waals surface area contributed by atoms with Gasteiger partial charge in [-0.15, -0.1) is 0 Å². The van der Waals surface area contributed by atoms with Gasteiger partial charge in [0.2, 0.25) is 5.89 Å². The highest BCUT2D eigenvalue weighted by molar-refractivity contribution is 5.97. The normalized spacial score (nSPS) is 13.9. The first-order chi connectivity index (χ1) is 17.6. The van der Waals surface area contributed by atoms with Gasteiger partial charge in [0.25, 0.3) is 5.91 Å². The molecule has 0 saturated heterocycles. The smallest absolute Gasteiger partial charge is 0.387 e. The molecule has 9 nitrogen and oxygen atoms in total. The maximum atomic E-state index is 14.4. The van der Waals surface area contributed by atoms with E-state index < -0.39 is 41.5 Å². The van der Waals surface area contributed by atoms with Crippen LogP contribution in [0.5, 0.6) is 11.5 Å². The van der Waals surface area contributed by atoms with Crippen molar-refractivity contribution in [3.63, 3.8) is 0 Å². The van der Waals surface area contributed by atoms with Crippen molar-refractivity contribution in [1.82, 2.24) is 10.3 Å². The molecule has 1 aromatic heterocycles. The van der Waals surface area contributed by atoms with Crippen molar-refractivity contribution in [2.24, 2.45) is 11.7 Å². The van der Waals surface area contributed by atoms with E-state index in [1.165, 1.54) is 24.3 Å². The van der Waals surface area contributed by atoms with Crippen molar-refractivity contribution in [3.8, 4) is 23.0 Å². The molecule has 4 N–H and O–H groups in total. The fourth-order valence-corrected chi connectivity index (χ4v) is 3.54. The van der Waals surface area contributed by atoms with Gasteiger partial charge < -0.3 is 30.0 Å². The first-order valence-corrected chi connectivity index (χ1v) is 11.4. The van der Waals surface area contributed by atoms with Gasteiger partial charge in [-0.2, -0.15) is 8.78 Å². The van der Waals surface area contributed by atoms with Crippen molar-refractivity contribution in [1.29, 1.82) is 0 Å². The molecule has 0 bridgehead atoms. The molecule has 1 aliphatic rings. The van der Waals surface area contributed by atoms with Gasteiger partial charge in [0.1, 0.15) is 17.3 Å². The third kappa shape index (κ3) is 6.20. The Morgan fingerprint density at radius 2 is 1.95 bits per heavy atom. The second kappa shape index (κ2) is 10.9. The van der Waals surface area contributed by atoms with Crippen molar-refractivity contribution >= 4 is 11.9 Å². The van der Waals surface area contributed by atoms with Crippen LogP contribution in [0.2, 0.25) is 0 Å². The maximum Gasteiger partial charge on any atom is 0.387 e. The van der Waals surface area contributed by atoms with Gasteiger partial charge in [-0.05, 0) is 56.0 Å². The number of nitrogens with two attached hydrogens (primary N) is 1. The quantitative estimate of drug-likeness (QED) is 0.336. The number of carboxylic acid groups (broad SMARTS) is 1. The van der Waals surface area contributed by atoms with Crippen LogP contribution in [0.4, 0.5) is 13.2 Å². The highest BCUT2D eigenvalue weighted by atomic mass is 19.3. The lowest BCUT2D eigenvalue weighted by molar-refractivity contribution is -0.0515. The summed E-state index contributed by atoms with van der Waals surface area (Å²) >= 11 is 0. The first-order valence-electron chi connectivity index (χ1n) is 11.4. The third-order valence-electron chi connectivity index (χ3n) is 5.61. The van der Waals surface area contributed by atoms with Crippen LogP contribution in [-0.4, -0.2) is 35.2 Å². The Kier molecular flexibility index (Phi) is 7.67. The van der Waals surface area contributed by atoms with E-state index in [4.69, 9.17) is 20.0 Å². The first kappa shape index (κ1) is 26.0. The molecular weight excluding hydrogens is 495 g/mol. The Labute approximate surface area is 209 Å². The van der Waals surface area contributed by atoms with E-state index >= 15 is 0 Å². The number of aromatic carboxylic acids is 1. The number of oxazole rings is 1. The van der Waals surface area contributed by atoms with E-state index in [0.29, 0.717) is 18.1 Å². The van der Waals surface area contributed by atoms with Crippen LogP contribution >= 0.6 is 0 Å². The fraction of sp³-hybridized carbons (Fsp3) is 0.320. The number of carbonyl (C=O) groups excluding carboxylic acids is 1. The molecular formula is C25H24F3N3O6. The van der Waals surface area contributed by atoms with Crippen LogP contribution in [0.25, 0.3) is 11.5 Å². The van der Waals surface area contributed by atoms with E-state index in [1.54, 1.807) is 6.92 Å². The van der Waals surface area contributed by atoms with E-state index in [1.807, 2.05) is 0 Å². The molecule has 37 heavy (non-hydrogen) atoms. The Balaban J connectivity index is 1.57. The molecule has 1 amide bonds. The molecule has 1 unspecified atom stereocenters. The van der Waals surface area contributed by atoms with Gasteiger partial charge in [-0.3, -0.25) is 4.79 Å². The molecule has 196 valence electrons. The standard InChI is InChI=1S/C25H24F3N3O6/c1-12(29)21-17(10-30-22(32)15-3-2-4-16(20(15)26)24(33)34)31-23(37-21)14-7-8-18(36-25(27)28)19(9-14)35-11-13-5-6-13/h2-4,7-9,12-13,25H,5-6,10-11,29H2,1H3,(H,30,32)(H,33,34). The molecule has 0 aliphatic heterocycles. The monoisotopic (exact) mass is 519 g/mol. The minimum absolute atomic E-state index is 0.0930. The average molecular weight is 519 g/mol. The highest BCUT2D eigenvalue weighted by Crippen LogP contribution is 2.37. The van der Waals surface area contributed by atoms with E-state index in [0.717, 1.165) is 25.0 Å². The SMILES string of the molecule is CC(N)c1oc(-c2ccc(OC(F)F)c(OCC3CC3)c2)nc1CNC(=O)c1cccc(C(=O)O)c1F. The fourth-order valence-electron chi connectivity index (χ4n) is 3.54. The van der Waals surface area contributed by atoms with Crippen LogP contribution < -0.4 is 20.5 Å². The molecule has 1 saturated carbocycles. The number of alkyl halides is 2. The van der Waals surface area contributed by atoms with E-state index in [2.05, 4.69) is 15.0 Å². The predicted molar refractivity (Wildman–Crippen MR) is 124 cm³/mol. The largest absolute Gasteiger partial charge is 0.489 e. The number of halogens is 3. The third-order valence-corrected chi connectivity index (χ3v) is 5.61. The molecule has 12 heteroatoms. The second-order valence-electron chi connectivity index (χ2n) is 8.57. The lowest BCUT2D eigenvalue weighted by Crippen LogP contribution is -2.25. The van der Waals surface area contributed by atoms with Crippen LogP contribution in [0.3, 0.4) is 0 Å².